The number of fused-ring (bicyclic) bond motifs is 2. The van der Waals surface area contributed by atoms with Gasteiger partial charge in [0.1, 0.15) is 16.8 Å². The summed E-state index contributed by atoms with van der Waals surface area (Å²) in [4.78, 5) is 20.4. The van der Waals surface area contributed by atoms with E-state index in [-0.39, 0.29) is 11.3 Å². The van der Waals surface area contributed by atoms with Gasteiger partial charge in [0.15, 0.2) is 11.5 Å². The van der Waals surface area contributed by atoms with E-state index < -0.39 is 0 Å². The predicted octanol–water partition coefficient (Wildman–Crippen LogP) is 3.81. The van der Waals surface area contributed by atoms with E-state index in [2.05, 4.69) is 45.9 Å². The number of benzene rings is 1. The summed E-state index contributed by atoms with van der Waals surface area (Å²) in [6.45, 7) is 10.1. The van der Waals surface area contributed by atoms with Crippen LogP contribution in [0.3, 0.4) is 0 Å². The minimum atomic E-state index is 0.0875. The van der Waals surface area contributed by atoms with Crippen LogP contribution in [0.5, 0.6) is 5.75 Å². The van der Waals surface area contributed by atoms with Gasteiger partial charge in [0, 0.05) is 43.2 Å². The fraction of sp³-hybridized carbons (Fsp3) is 0.391. The van der Waals surface area contributed by atoms with Gasteiger partial charge in [0.05, 0.1) is 17.4 Å². The fourth-order valence-corrected chi connectivity index (χ4v) is 4.17. The molecule has 4 aromatic rings. The first-order chi connectivity index (χ1) is 14.7. The van der Waals surface area contributed by atoms with Crippen molar-refractivity contribution in [2.45, 2.75) is 45.7 Å². The van der Waals surface area contributed by atoms with Crippen molar-refractivity contribution in [1.82, 2.24) is 25.3 Å². The van der Waals surface area contributed by atoms with Crippen molar-refractivity contribution in [2.75, 3.05) is 18.0 Å². The van der Waals surface area contributed by atoms with Gasteiger partial charge in [-0.3, -0.25) is 0 Å². The number of phenols is 1. The van der Waals surface area contributed by atoms with Crippen LogP contribution in [0.1, 0.15) is 33.1 Å². The van der Waals surface area contributed by atoms with Crippen LogP contribution in [0.15, 0.2) is 34.9 Å². The van der Waals surface area contributed by atoms with Gasteiger partial charge in [0.2, 0.25) is 5.95 Å². The Balaban J connectivity index is 1.43. The molecular formula is C23H26N6O2. The average molecular weight is 419 g/mol. The Bertz CT molecular complexity index is 1280. The zero-order chi connectivity index (χ0) is 21.8. The maximum atomic E-state index is 10.5. The topological polar surface area (TPSA) is 100 Å². The molecule has 5 rings (SSSR count). The number of nitrogens with zero attached hydrogens (tertiary/aromatic N) is 5. The predicted molar refractivity (Wildman–Crippen MR) is 120 cm³/mol. The minimum absolute atomic E-state index is 0.0875. The third-order valence-corrected chi connectivity index (χ3v) is 5.42. The van der Waals surface area contributed by atoms with Crippen LogP contribution < -0.4 is 10.2 Å². The minimum Gasteiger partial charge on any atom is -0.507 e. The molecule has 1 saturated heterocycles. The molecule has 4 heterocycles. The van der Waals surface area contributed by atoms with Crippen molar-refractivity contribution in [1.29, 1.82) is 0 Å². The number of hydrogen-bond acceptors (Lipinski definition) is 8. The SMILES string of the molecule is Cc1nc2cc(O)c(-c3ccc4nc(N5CCC(NC(C)(C)C)C5)ncc4n3)cc2o1. The first-order valence-corrected chi connectivity index (χ1v) is 10.5. The number of pyridine rings is 1. The highest BCUT2D eigenvalue weighted by Crippen LogP contribution is 2.33. The van der Waals surface area contributed by atoms with Crippen LogP contribution in [-0.2, 0) is 0 Å². The number of aromatic hydroxyl groups is 1. The smallest absolute Gasteiger partial charge is 0.226 e. The van der Waals surface area contributed by atoms with Crippen LogP contribution in [0.2, 0.25) is 0 Å². The molecule has 1 aliphatic heterocycles. The van der Waals surface area contributed by atoms with Crippen LogP contribution in [0, 0.1) is 6.92 Å². The number of nitrogens with one attached hydrogen (secondary N) is 1. The lowest BCUT2D eigenvalue weighted by Crippen LogP contribution is -2.45. The summed E-state index contributed by atoms with van der Waals surface area (Å²) < 4.78 is 5.60. The molecule has 2 N–H and O–H groups in total. The molecule has 1 unspecified atom stereocenters. The van der Waals surface area contributed by atoms with Crippen LogP contribution in [0.4, 0.5) is 5.95 Å². The van der Waals surface area contributed by atoms with E-state index in [0.29, 0.717) is 39.8 Å². The largest absolute Gasteiger partial charge is 0.507 e. The molecule has 8 nitrogen and oxygen atoms in total. The Morgan fingerprint density at radius 2 is 1.94 bits per heavy atom. The molecule has 1 fully saturated rings. The molecule has 0 aliphatic carbocycles. The van der Waals surface area contributed by atoms with Crippen LogP contribution in [-0.4, -0.2) is 49.7 Å². The van der Waals surface area contributed by atoms with E-state index in [1.165, 1.54) is 0 Å². The third kappa shape index (κ3) is 3.90. The summed E-state index contributed by atoms with van der Waals surface area (Å²) in [7, 11) is 0. The van der Waals surface area contributed by atoms with Crippen molar-refractivity contribution in [3.63, 3.8) is 0 Å². The Kier molecular flexibility index (Phi) is 4.55. The zero-order valence-corrected chi connectivity index (χ0v) is 18.2. The first kappa shape index (κ1) is 19.7. The fourth-order valence-electron chi connectivity index (χ4n) is 4.17. The standard InChI is InChI=1S/C23H26N6O2/c1-13-25-18-10-20(30)15(9-21(18)31-13)16-5-6-17-19(26-16)11-24-22(27-17)29-8-7-14(12-29)28-23(2,3)4/h5-6,9-11,14,28,30H,7-8,12H2,1-4H3. The highest BCUT2D eigenvalue weighted by atomic mass is 16.3. The molecule has 1 aromatic carbocycles. The number of rotatable bonds is 3. The van der Waals surface area contributed by atoms with Gasteiger partial charge in [-0.05, 0) is 45.4 Å². The van der Waals surface area contributed by atoms with E-state index in [1.54, 1.807) is 25.3 Å². The van der Waals surface area contributed by atoms with Gasteiger partial charge in [-0.25, -0.2) is 19.9 Å². The van der Waals surface area contributed by atoms with Gasteiger partial charge in [-0.2, -0.15) is 0 Å². The average Bonchev–Trinajstić information content (AvgIpc) is 3.30. The van der Waals surface area contributed by atoms with E-state index in [4.69, 9.17) is 9.40 Å². The summed E-state index contributed by atoms with van der Waals surface area (Å²) in [6, 6.07) is 7.57. The number of anilines is 1. The molecule has 160 valence electrons. The van der Waals surface area contributed by atoms with Crippen LogP contribution in [0.25, 0.3) is 33.4 Å². The maximum absolute atomic E-state index is 10.5. The molecule has 0 bridgehead atoms. The van der Waals surface area contributed by atoms with Crippen molar-refractivity contribution in [3.8, 4) is 17.0 Å². The van der Waals surface area contributed by atoms with Crippen molar-refractivity contribution >= 4 is 28.1 Å². The number of hydrogen-bond donors (Lipinski definition) is 2. The summed E-state index contributed by atoms with van der Waals surface area (Å²) in [5.41, 5.74) is 4.00. The molecule has 31 heavy (non-hydrogen) atoms. The number of aryl methyl sites for hydroxylation is 1. The summed E-state index contributed by atoms with van der Waals surface area (Å²) >= 11 is 0. The lowest BCUT2D eigenvalue weighted by molar-refractivity contribution is 0.373. The number of phenolic OH excluding ortho intramolecular Hbond substituents is 1. The maximum Gasteiger partial charge on any atom is 0.226 e. The molecule has 0 saturated carbocycles. The zero-order valence-electron chi connectivity index (χ0n) is 18.2. The Labute approximate surface area is 180 Å². The van der Waals surface area contributed by atoms with E-state index >= 15 is 0 Å². The van der Waals surface area contributed by atoms with E-state index in [9.17, 15) is 5.11 Å². The molecule has 1 aliphatic rings. The molecule has 8 heteroatoms. The van der Waals surface area contributed by atoms with Crippen molar-refractivity contribution < 1.29 is 9.52 Å². The highest BCUT2D eigenvalue weighted by molar-refractivity contribution is 5.86. The van der Waals surface area contributed by atoms with Gasteiger partial charge in [0.25, 0.3) is 0 Å². The van der Waals surface area contributed by atoms with Crippen LogP contribution >= 0.6 is 0 Å². The molecule has 0 amide bonds. The lowest BCUT2D eigenvalue weighted by Gasteiger charge is -2.26. The van der Waals surface area contributed by atoms with Gasteiger partial charge in [-0.15, -0.1) is 0 Å². The Hall–Kier alpha value is -3.26. The molecule has 0 radical (unpaired) electrons. The van der Waals surface area contributed by atoms with Gasteiger partial charge in [-0.1, -0.05) is 0 Å². The molecule has 3 aromatic heterocycles. The summed E-state index contributed by atoms with van der Waals surface area (Å²) in [6.07, 6.45) is 2.82. The second-order valence-corrected chi connectivity index (χ2v) is 9.17. The van der Waals surface area contributed by atoms with E-state index in [0.717, 1.165) is 31.0 Å². The monoisotopic (exact) mass is 418 g/mol. The second kappa shape index (κ2) is 7.16. The lowest BCUT2D eigenvalue weighted by atomic mass is 10.1. The summed E-state index contributed by atoms with van der Waals surface area (Å²) in [5.74, 6) is 1.39. The number of aromatic nitrogens is 4. The van der Waals surface area contributed by atoms with Crippen molar-refractivity contribution in [3.05, 3.63) is 36.4 Å². The van der Waals surface area contributed by atoms with Gasteiger partial charge >= 0.3 is 0 Å². The quantitative estimate of drug-likeness (QED) is 0.518. The van der Waals surface area contributed by atoms with Gasteiger partial charge < -0.3 is 19.7 Å². The Morgan fingerprint density at radius 3 is 2.74 bits per heavy atom. The summed E-state index contributed by atoms with van der Waals surface area (Å²) in [5, 5.41) is 14.1. The molecular weight excluding hydrogens is 392 g/mol. The van der Waals surface area contributed by atoms with E-state index in [1.807, 2.05) is 12.1 Å². The Morgan fingerprint density at radius 1 is 1.10 bits per heavy atom. The normalized spacial score (nSPS) is 17.2. The molecule has 0 spiro atoms. The third-order valence-electron chi connectivity index (χ3n) is 5.42. The van der Waals surface area contributed by atoms with Crippen molar-refractivity contribution in [2.24, 2.45) is 0 Å². The second-order valence-electron chi connectivity index (χ2n) is 9.17. The number of oxazole rings is 1. The highest BCUT2D eigenvalue weighted by Gasteiger charge is 2.27. The molecule has 1 atom stereocenters. The first-order valence-electron chi connectivity index (χ1n) is 10.5.